The summed E-state index contributed by atoms with van der Waals surface area (Å²) in [5.41, 5.74) is 0.849. The van der Waals surface area contributed by atoms with Gasteiger partial charge in [-0.2, -0.15) is 13.2 Å². The van der Waals surface area contributed by atoms with Crippen LogP contribution in [-0.4, -0.2) is 30.2 Å². The van der Waals surface area contributed by atoms with Crippen LogP contribution in [0.2, 0.25) is 0 Å². The predicted molar refractivity (Wildman–Crippen MR) is 102 cm³/mol. The van der Waals surface area contributed by atoms with Crippen molar-refractivity contribution < 1.29 is 32.3 Å². The number of carbonyl (C=O) groups excluding carboxylic acids is 1. The molecule has 0 N–H and O–H groups in total. The van der Waals surface area contributed by atoms with Crippen molar-refractivity contribution in [1.29, 1.82) is 0 Å². The van der Waals surface area contributed by atoms with E-state index in [0.29, 0.717) is 22.7 Å². The van der Waals surface area contributed by atoms with E-state index in [1.54, 1.807) is 25.3 Å². The van der Waals surface area contributed by atoms with E-state index < -0.39 is 11.7 Å². The quantitative estimate of drug-likeness (QED) is 0.442. The van der Waals surface area contributed by atoms with Crippen LogP contribution in [0.3, 0.4) is 0 Å². The van der Waals surface area contributed by atoms with E-state index in [1.807, 2.05) is 0 Å². The van der Waals surface area contributed by atoms with Crippen LogP contribution in [0, 0.1) is 5.92 Å². The van der Waals surface area contributed by atoms with Crippen LogP contribution >= 0.6 is 0 Å². The van der Waals surface area contributed by atoms with Crippen molar-refractivity contribution in [2.24, 2.45) is 11.1 Å². The number of nitrogens with zero attached hydrogens (tertiary/aromatic N) is 2. The van der Waals surface area contributed by atoms with Crippen LogP contribution in [0.1, 0.15) is 36.5 Å². The number of methoxy groups -OCH3 is 1. The normalized spacial score (nSPS) is 14.4. The molecule has 1 aliphatic rings. The van der Waals surface area contributed by atoms with Crippen molar-refractivity contribution in [2.45, 2.75) is 32.5 Å². The summed E-state index contributed by atoms with van der Waals surface area (Å²) < 4.78 is 48.9. The topological polar surface area (TPSA) is 70.0 Å². The smallest absolute Gasteiger partial charge is 0.419 e. The summed E-state index contributed by atoms with van der Waals surface area (Å²) in [6.45, 7) is 1.70. The molecule has 160 valence electrons. The first-order valence-corrected chi connectivity index (χ1v) is 9.30. The third kappa shape index (κ3) is 5.71. The molecule has 0 spiro atoms. The zero-order valence-electron chi connectivity index (χ0n) is 16.5. The van der Waals surface area contributed by atoms with Crippen LogP contribution in [0.4, 0.5) is 13.2 Å². The van der Waals surface area contributed by atoms with Crippen molar-refractivity contribution >= 4 is 11.5 Å². The minimum Gasteiger partial charge on any atom is -0.496 e. The lowest BCUT2D eigenvalue weighted by atomic mass is 10.1. The van der Waals surface area contributed by atoms with E-state index in [-0.39, 0.29) is 30.7 Å². The third-order valence-electron chi connectivity index (χ3n) is 4.55. The summed E-state index contributed by atoms with van der Waals surface area (Å²) in [5.74, 6) is 0.301. The molecule has 0 aliphatic heterocycles. The van der Waals surface area contributed by atoms with Gasteiger partial charge in [0, 0.05) is 23.7 Å². The molecular weight excluding hydrogens is 401 g/mol. The first kappa shape index (κ1) is 21.6. The summed E-state index contributed by atoms with van der Waals surface area (Å²) in [5, 5.41) is 3.97. The number of aromatic nitrogens is 1. The number of pyridine rings is 1. The van der Waals surface area contributed by atoms with Crippen molar-refractivity contribution in [3.63, 3.8) is 0 Å². The van der Waals surface area contributed by atoms with Crippen LogP contribution in [0.5, 0.6) is 11.6 Å². The van der Waals surface area contributed by atoms with Crippen molar-refractivity contribution in [2.75, 3.05) is 13.7 Å². The average molecular weight is 422 g/mol. The van der Waals surface area contributed by atoms with Gasteiger partial charge in [-0.15, -0.1) is 0 Å². The lowest BCUT2D eigenvalue weighted by molar-refractivity contribution is -0.138. The van der Waals surface area contributed by atoms with Crippen molar-refractivity contribution in [3.8, 4) is 11.6 Å². The molecule has 3 rings (SSSR count). The van der Waals surface area contributed by atoms with E-state index >= 15 is 0 Å². The molecule has 1 heterocycles. The Morgan fingerprint density at radius 1 is 1.23 bits per heavy atom. The number of carbonyl (C=O) groups is 1. The highest BCUT2D eigenvalue weighted by atomic mass is 19.4. The molecule has 1 aliphatic carbocycles. The molecule has 0 amide bonds. The second-order valence-electron chi connectivity index (χ2n) is 6.90. The molecule has 1 saturated carbocycles. The van der Waals surface area contributed by atoms with Crippen LogP contribution in [0.25, 0.3) is 0 Å². The highest BCUT2D eigenvalue weighted by Gasteiger charge is 2.34. The fourth-order valence-electron chi connectivity index (χ4n) is 2.66. The van der Waals surface area contributed by atoms with Gasteiger partial charge in [0.15, 0.2) is 5.78 Å². The maximum absolute atomic E-state index is 12.9. The molecule has 0 bridgehead atoms. The monoisotopic (exact) mass is 422 g/mol. The molecule has 0 saturated heterocycles. The fourth-order valence-corrected chi connectivity index (χ4v) is 2.66. The maximum Gasteiger partial charge on any atom is 0.419 e. The molecule has 9 heteroatoms. The number of oxime groups is 1. The van der Waals surface area contributed by atoms with Gasteiger partial charge in [-0.3, -0.25) is 4.79 Å². The maximum atomic E-state index is 12.9. The Morgan fingerprint density at radius 2 is 2.00 bits per heavy atom. The molecule has 1 fully saturated rings. The lowest BCUT2D eigenvalue weighted by Crippen LogP contribution is -2.13. The predicted octanol–water partition coefficient (Wildman–Crippen LogP) is 4.41. The van der Waals surface area contributed by atoms with Gasteiger partial charge < -0.3 is 14.3 Å². The van der Waals surface area contributed by atoms with Crippen LogP contribution < -0.4 is 9.47 Å². The third-order valence-corrected chi connectivity index (χ3v) is 4.55. The number of ketones is 1. The Kier molecular flexibility index (Phi) is 6.59. The SMILES string of the molecule is COc1cc(CO/N=C(\C)c2ccc(OCC(=O)C3CC3)nc2)ccc1C(F)(F)F. The number of halogens is 3. The molecule has 6 nitrogen and oxygen atoms in total. The van der Waals surface area contributed by atoms with Crippen molar-refractivity contribution in [1.82, 2.24) is 4.98 Å². The molecule has 0 unspecified atom stereocenters. The van der Waals surface area contributed by atoms with Gasteiger partial charge in [0.2, 0.25) is 5.88 Å². The van der Waals surface area contributed by atoms with E-state index in [9.17, 15) is 18.0 Å². The highest BCUT2D eigenvalue weighted by molar-refractivity contribution is 5.98. The summed E-state index contributed by atoms with van der Waals surface area (Å²) in [4.78, 5) is 21.0. The Balaban J connectivity index is 1.55. The minimum absolute atomic E-state index is 0.0176. The number of hydrogen-bond acceptors (Lipinski definition) is 6. The minimum atomic E-state index is -4.49. The first-order chi connectivity index (χ1) is 14.3. The van der Waals surface area contributed by atoms with E-state index in [0.717, 1.165) is 18.9 Å². The largest absolute Gasteiger partial charge is 0.496 e. The molecule has 0 atom stereocenters. The molecule has 0 radical (unpaired) electrons. The number of ether oxygens (including phenoxy) is 2. The summed E-state index contributed by atoms with van der Waals surface area (Å²) >= 11 is 0. The van der Waals surface area contributed by atoms with Gasteiger partial charge in [0.1, 0.15) is 19.0 Å². The average Bonchev–Trinajstić information content (AvgIpc) is 3.57. The van der Waals surface area contributed by atoms with Gasteiger partial charge in [0.25, 0.3) is 0 Å². The van der Waals surface area contributed by atoms with E-state index in [2.05, 4.69) is 10.1 Å². The van der Waals surface area contributed by atoms with Crippen LogP contribution in [-0.2, 0) is 22.4 Å². The fraction of sp³-hybridized carbons (Fsp3) is 0.381. The van der Waals surface area contributed by atoms with E-state index in [1.165, 1.54) is 19.2 Å². The number of hydrogen-bond donors (Lipinski definition) is 0. The van der Waals surface area contributed by atoms with Gasteiger partial charge in [-0.25, -0.2) is 4.98 Å². The molecular formula is C21H21F3N2O4. The van der Waals surface area contributed by atoms with Gasteiger partial charge in [-0.05, 0) is 43.5 Å². The Hall–Kier alpha value is -3.10. The summed E-state index contributed by atoms with van der Waals surface area (Å²) in [6, 6.07) is 6.89. The second kappa shape index (κ2) is 9.15. The standard InChI is InChI=1S/C21H21F3N2O4/c1-13(16-6-8-20(25-10-16)29-12-18(27)15-4-5-15)26-30-11-14-3-7-17(21(22,23)24)19(9-14)28-2/h3,6-10,15H,4-5,11-12H2,1-2H3/b26-13+. The number of alkyl halides is 3. The highest BCUT2D eigenvalue weighted by Crippen LogP contribution is 2.36. The second-order valence-corrected chi connectivity index (χ2v) is 6.90. The zero-order chi connectivity index (χ0) is 21.7. The number of rotatable bonds is 9. The molecule has 30 heavy (non-hydrogen) atoms. The summed E-state index contributed by atoms with van der Waals surface area (Å²) in [7, 11) is 1.18. The molecule has 1 aromatic carbocycles. The summed E-state index contributed by atoms with van der Waals surface area (Å²) in [6.07, 6.45) is -1.08. The lowest BCUT2D eigenvalue weighted by Gasteiger charge is -2.13. The molecule has 1 aromatic heterocycles. The van der Waals surface area contributed by atoms with Crippen molar-refractivity contribution in [3.05, 3.63) is 53.2 Å². The van der Waals surface area contributed by atoms with Gasteiger partial charge >= 0.3 is 6.18 Å². The Labute approximate surface area is 171 Å². The molecule has 2 aromatic rings. The van der Waals surface area contributed by atoms with Crippen LogP contribution in [0.15, 0.2) is 41.7 Å². The number of benzene rings is 1. The zero-order valence-corrected chi connectivity index (χ0v) is 16.5. The van der Waals surface area contributed by atoms with Gasteiger partial charge in [0.05, 0.1) is 18.4 Å². The van der Waals surface area contributed by atoms with E-state index in [4.69, 9.17) is 14.3 Å². The van der Waals surface area contributed by atoms with Gasteiger partial charge in [-0.1, -0.05) is 11.2 Å². The first-order valence-electron chi connectivity index (χ1n) is 9.30. The number of Topliss-reactive ketones (excluding diaryl/α,β-unsaturated/α-hetero) is 1. The Bertz CT molecular complexity index is 923. The Morgan fingerprint density at radius 3 is 2.60 bits per heavy atom.